The highest BCUT2D eigenvalue weighted by molar-refractivity contribution is 6.11. The average Bonchev–Trinajstić information content (AvgIpc) is 3.73. The third kappa shape index (κ3) is 4.75. The largest absolute Gasteiger partial charge is 0.437 e. The number of halogens is 4. The van der Waals surface area contributed by atoms with Gasteiger partial charge in [0, 0.05) is 35.7 Å². The van der Waals surface area contributed by atoms with Crippen molar-refractivity contribution in [2.45, 2.75) is 37.4 Å². The number of hydrogen-bond donors (Lipinski definition) is 2. The lowest BCUT2D eigenvalue weighted by Crippen LogP contribution is -2.30. The summed E-state index contributed by atoms with van der Waals surface area (Å²) >= 11 is 0. The molecule has 6 rings (SSSR count). The Morgan fingerprint density at radius 3 is 2.41 bits per heavy atom. The Kier molecular flexibility index (Phi) is 5.74. The van der Waals surface area contributed by atoms with Crippen LogP contribution in [0.4, 0.5) is 17.6 Å². The molecule has 0 atom stereocenters. The first-order valence-corrected chi connectivity index (χ1v) is 12.5. The molecule has 0 unspecified atom stereocenters. The van der Waals surface area contributed by atoms with E-state index in [9.17, 15) is 27.2 Å². The number of furan rings is 1. The summed E-state index contributed by atoms with van der Waals surface area (Å²) < 4.78 is 59.1. The van der Waals surface area contributed by atoms with Gasteiger partial charge in [-0.2, -0.15) is 13.2 Å². The number of nitrogens with zero attached hydrogens (tertiary/aromatic N) is 1. The Balaban J connectivity index is 1.49. The third-order valence-corrected chi connectivity index (χ3v) is 7.45. The van der Waals surface area contributed by atoms with Crippen molar-refractivity contribution < 1.29 is 31.6 Å². The molecule has 39 heavy (non-hydrogen) atoms. The molecule has 2 aromatic heterocycles. The first-order chi connectivity index (χ1) is 18.6. The zero-order valence-electron chi connectivity index (χ0n) is 20.8. The van der Waals surface area contributed by atoms with Crippen LogP contribution in [0.3, 0.4) is 0 Å². The number of pyridine rings is 1. The second-order valence-electron chi connectivity index (χ2n) is 10.1. The smallest absolute Gasteiger partial charge is 0.389 e. The molecule has 4 aromatic rings. The highest BCUT2D eigenvalue weighted by Gasteiger charge is 2.70. The molecule has 0 spiro atoms. The number of alkyl halides is 3. The number of rotatable bonds is 7. The first-order valence-electron chi connectivity index (χ1n) is 12.5. The van der Waals surface area contributed by atoms with Gasteiger partial charge < -0.3 is 15.1 Å². The summed E-state index contributed by atoms with van der Waals surface area (Å²) in [6, 6.07) is 13.5. The van der Waals surface area contributed by atoms with Crippen LogP contribution >= 0.6 is 0 Å². The van der Waals surface area contributed by atoms with Crippen LogP contribution in [0.2, 0.25) is 0 Å². The normalized spacial score (nSPS) is 19.5. The van der Waals surface area contributed by atoms with Gasteiger partial charge in [-0.15, -0.1) is 0 Å². The van der Waals surface area contributed by atoms with Gasteiger partial charge >= 0.3 is 6.18 Å². The summed E-state index contributed by atoms with van der Waals surface area (Å²) in [4.78, 5) is 30.2. The molecule has 0 saturated heterocycles. The van der Waals surface area contributed by atoms with Gasteiger partial charge in [0.05, 0.1) is 16.6 Å². The molecule has 2 aliphatic carbocycles. The highest BCUT2D eigenvalue weighted by atomic mass is 19.4. The van der Waals surface area contributed by atoms with Crippen LogP contribution in [0, 0.1) is 11.7 Å². The van der Waals surface area contributed by atoms with E-state index < -0.39 is 30.7 Å². The van der Waals surface area contributed by atoms with Gasteiger partial charge in [-0.3, -0.25) is 9.59 Å². The number of aryl methyl sites for hydroxylation is 1. The molecule has 10 heteroatoms. The molecule has 2 N–H and O–H groups in total. The number of benzene rings is 2. The molecule has 2 fully saturated rings. The second-order valence-corrected chi connectivity index (χ2v) is 10.1. The number of amides is 2. The maximum Gasteiger partial charge on any atom is 0.389 e. The van der Waals surface area contributed by atoms with E-state index in [2.05, 4.69) is 15.6 Å². The highest BCUT2D eigenvalue weighted by Crippen LogP contribution is 2.66. The van der Waals surface area contributed by atoms with Crippen molar-refractivity contribution in [1.82, 2.24) is 15.6 Å². The predicted molar refractivity (Wildman–Crippen MR) is 136 cm³/mol. The van der Waals surface area contributed by atoms with Gasteiger partial charge in [0.25, 0.3) is 11.8 Å². The first kappa shape index (κ1) is 25.1. The number of aromatic nitrogens is 1. The van der Waals surface area contributed by atoms with Crippen LogP contribution < -0.4 is 10.6 Å². The SMILES string of the molecule is CNC(=O)c1c(-c2ccc(F)cc2)oc2nc(CCC(F)(F)F)c(-c3cccc(C(=O)NC45CC4C5)c3)cc12. The number of fused-ring (bicyclic) bond motifs is 2. The van der Waals surface area contributed by atoms with E-state index in [1.807, 2.05) is 0 Å². The van der Waals surface area contributed by atoms with E-state index in [1.54, 1.807) is 30.3 Å². The summed E-state index contributed by atoms with van der Waals surface area (Å²) in [6.07, 6.45) is -4.02. The fourth-order valence-corrected chi connectivity index (χ4v) is 4.95. The Labute approximate surface area is 220 Å². The lowest BCUT2D eigenvalue weighted by atomic mass is 9.96. The Bertz CT molecular complexity index is 1620. The zero-order chi connectivity index (χ0) is 27.5. The van der Waals surface area contributed by atoms with E-state index >= 15 is 0 Å². The van der Waals surface area contributed by atoms with Crippen LogP contribution in [-0.4, -0.2) is 35.6 Å². The Hall–Kier alpha value is -4.21. The molecule has 2 aliphatic rings. The van der Waals surface area contributed by atoms with Crippen LogP contribution in [0.25, 0.3) is 33.6 Å². The van der Waals surface area contributed by atoms with Gasteiger partial charge in [-0.05, 0) is 73.2 Å². The molecule has 0 bridgehead atoms. The van der Waals surface area contributed by atoms with E-state index in [0.717, 1.165) is 12.8 Å². The lowest BCUT2D eigenvalue weighted by molar-refractivity contribution is -0.134. The summed E-state index contributed by atoms with van der Waals surface area (Å²) in [7, 11) is 1.44. The van der Waals surface area contributed by atoms with Crippen LogP contribution in [0.15, 0.2) is 59.0 Å². The van der Waals surface area contributed by atoms with E-state index in [-0.39, 0.29) is 39.6 Å². The molecule has 2 amide bonds. The van der Waals surface area contributed by atoms with Crippen LogP contribution in [0.5, 0.6) is 0 Å². The monoisotopic (exact) mass is 537 g/mol. The van der Waals surface area contributed by atoms with Crippen molar-refractivity contribution in [2.75, 3.05) is 7.05 Å². The molecule has 2 saturated carbocycles. The fourth-order valence-electron chi connectivity index (χ4n) is 4.95. The van der Waals surface area contributed by atoms with Crippen LogP contribution in [0.1, 0.15) is 45.7 Å². The van der Waals surface area contributed by atoms with E-state index in [1.165, 1.54) is 31.3 Å². The molecule has 200 valence electrons. The summed E-state index contributed by atoms with van der Waals surface area (Å²) in [5.41, 5.74) is 1.76. The maximum absolute atomic E-state index is 13.6. The quantitative estimate of drug-likeness (QED) is 0.281. The average molecular weight is 538 g/mol. The van der Waals surface area contributed by atoms with Gasteiger partial charge in [-0.25, -0.2) is 9.37 Å². The maximum atomic E-state index is 13.6. The summed E-state index contributed by atoms with van der Waals surface area (Å²) in [6.45, 7) is 0. The zero-order valence-corrected chi connectivity index (χ0v) is 20.8. The van der Waals surface area contributed by atoms with Crippen molar-refractivity contribution in [3.05, 3.63) is 77.2 Å². The molecule has 2 heterocycles. The molecule has 2 aromatic carbocycles. The van der Waals surface area contributed by atoms with Gasteiger partial charge in [0.2, 0.25) is 5.71 Å². The summed E-state index contributed by atoms with van der Waals surface area (Å²) in [5, 5.41) is 5.89. The van der Waals surface area contributed by atoms with Crippen molar-refractivity contribution in [3.63, 3.8) is 0 Å². The van der Waals surface area contributed by atoms with Crippen molar-refractivity contribution in [2.24, 2.45) is 5.92 Å². The van der Waals surface area contributed by atoms with Crippen molar-refractivity contribution >= 4 is 22.9 Å². The third-order valence-electron chi connectivity index (χ3n) is 7.45. The Morgan fingerprint density at radius 1 is 1.05 bits per heavy atom. The number of carbonyl (C=O) groups excluding carboxylic acids is 2. The number of nitrogens with one attached hydrogen (secondary N) is 2. The minimum atomic E-state index is -4.42. The molecular weight excluding hydrogens is 514 g/mol. The number of hydrogen-bond acceptors (Lipinski definition) is 4. The van der Waals surface area contributed by atoms with Gasteiger partial charge in [-0.1, -0.05) is 12.1 Å². The van der Waals surface area contributed by atoms with Crippen LogP contribution in [-0.2, 0) is 6.42 Å². The van der Waals surface area contributed by atoms with Gasteiger partial charge in [0.1, 0.15) is 11.6 Å². The lowest BCUT2D eigenvalue weighted by Gasteiger charge is -2.13. The molecule has 6 nitrogen and oxygen atoms in total. The van der Waals surface area contributed by atoms with Gasteiger partial charge in [0.15, 0.2) is 0 Å². The van der Waals surface area contributed by atoms with E-state index in [0.29, 0.717) is 28.2 Å². The fraction of sp³-hybridized carbons (Fsp3) is 0.276. The summed E-state index contributed by atoms with van der Waals surface area (Å²) in [5.74, 6) is -0.555. The van der Waals surface area contributed by atoms with E-state index in [4.69, 9.17) is 4.42 Å². The minimum Gasteiger partial charge on any atom is -0.437 e. The minimum absolute atomic E-state index is 0.0182. The topological polar surface area (TPSA) is 84.2 Å². The predicted octanol–water partition coefficient (Wildman–Crippen LogP) is 6.05. The molecular formula is C29H23F4N3O3. The molecule has 0 radical (unpaired) electrons. The standard InChI is InChI=1S/C29H23F4N3O3/c1-34-26(38)23-21-12-20(16-3-2-4-17(11-16)25(37)36-28-13-18(28)14-28)22(9-10-29(31,32)33)35-27(21)39-24(23)15-5-7-19(30)8-6-15/h2-8,11-12,18H,9-10,13-14H2,1H3,(H,34,38)(H,36,37). The second kappa shape index (κ2) is 8.93. The van der Waals surface area contributed by atoms with Crippen molar-refractivity contribution in [1.29, 1.82) is 0 Å². The Morgan fingerprint density at radius 2 is 1.77 bits per heavy atom. The molecule has 0 aliphatic heterocycles. The number of carbonyl (C=O) groups is 2. The van der Waals surface area contributed by atoms with Crippen molar-refractivity contribution in [3.8, 4) is 22.5 Å².